The zero-order valence-electron chi connectivity index (χ0n) is 25.1. The molecule has 1 aliphatic rings. The molecule has 1 fully saturated rings. The second kappa shape index (κ2) is 11.3. The van der Waals surface area contributed by atoms with Gasteiger partial charge in [0.2, 0.25) is 0 Å². The van der Waals surface area contributed by atoms with Crippen molar-refractivity contribution in [3.63, 3.8) is 0 Å². The van der Waals surface area contributed by atoms with Crippen LogP contribution in [0, 0.1) is 0 Å². The molecule has 4 aromatic carbocycles. The monoisotopic (exact) mass is 552 g/mol. The van der Waals surface area contributed by atoms with Gasteiger partial charge in [0.15, 0.2) is 0 Å². The molecular formula is C37H37BN2O2. The first-order valence-corrected chi connectivity index (χ1v) is 14.8. The van der Waals surface area contributed by atoms with Crippen molar-refractivity contribution in [2.75, 3.05) is 0 Å². The van der Waals surface area contributed by atoms with Crippen LogP contribution in [0.25, 0.3) is 45.0 Å². The predicted molar refractivity (Wildman–Crippen MR) is 173 cm³/mol. The molecule has 1 aromatic heterocycles. The number of benzene rings is 4. The summed E-state index contributed by atoms with van der Waals surface area (Å²) in [6.07, 6.45) is 2.11. The highest BCUT2D eigenvalue weighted by Gasteiger charge is 2.51. The zero-order valence-corrected chi connectivity index (χ0v) is 25.1. The van der Waals surface area contributed by atoms with Crippen molar-refractivity contribution in [2.24, 2.45) is 0 Å². The molecule has 4 nitrogen and oxygen atoms in total. The summed E-state index contributed by atoms with van der Waals surface area (Å²) in [5.74, 6) is 0. The van der Waals surface area contributed by atoms with Gasteiger partial charge >= 0.3 is 7.12 Å². The molecule has 210 valence electrons. The highest BCUT2D eigenvalue weighted by Crippen LogP contribution is 2.39. The Balaban J connectivity index is 1.57. The summed E-state index contributed by atoms with van der Waals surface area (Å²) in [7, 11) is -0.461. The van der Waals surface area contributed by atoms with Gasteiger partial charge in [-0.25, -0.2) is 9.97 Å². The lowest BCUT2D eigenvalue weighted by Gasteiger charge is -2.32. The van der Waals surface area contributed by atoms with Crippen LogP contribution < -0.4 is 5.46 Å². The van der Waals surface area contributed by atoms with Crippen LogP contribution in [0.2, 0.25) is 0 Å². The van der Waals surface area contributed by atoms with Gasteiger partial charge in [-0.15, -0.1) is 0 Å². The predicted octanol–water partition coefficient (Wildman–Crippen LogP) is 8.40. The summed E-state index contributed by atoms with van der Waals surface area (Å²) < 4.78 is 12.8. The SMILES string of the molecule is CCCc1cccc(-c2nc(-c3cccc(B4OC(C)(C)C(C)(C)O4)c3)c(-c3ccccc3)nc2-c2ccccc2)c1. The highest BCUT2D eigenvalue weighted by atomic mass is 16.7. The molecule has 0 radical (unpaired) electrons. The minimum atomic E-state index is -0.461. The van der Waals surface area contributed by atoms with Crippen LogP contribution in [-0.4, -0.2) is 28.3 Å². The lowest BCUT2D eigenvalue weighted by atomic mass is 9.78. The van der Waals surface area contributed by atoms with Gasteiger partial charge in [-0.2, -0.15) is 0 Å². The molecule has 42 heavy (non-hydrogen) atoms. The normalized spacial score (nSPS) is 15.6. The van der Waals surface area contributed by atoms with Gasteiger partial charge in [0.05, 0.1) is 34.0 Å². The van der Waals surface area contributed by atoms with E-state index in [1.165, 1.54) is 5.56 Å². The first kappa shape index (κ1) is 28.1. The average molecular weight is 553 g/mol. The Morgan fingerprint density at radius 2 is 1.00 bits per heavy atom. The quantitative estimate of drug-likeness (QED) is 0.190. The zero-order chi connectivity index (χ0) is 29.3. The Kier molecular flexibility index (Phi) is 7.57. The van der Waals surface area contributed by atoms with Crippen molar-refractivity contribution in [3.05, 3.63) is 115 Å². The van der Waals surface area contributed by atoms with Crippen molar-refractivity contribution in [1.82, 2.24) is 9.97 Å². The van der Waals surface area contributed by atoms with Gasteiger partial charge < -0.3 is 9.31 Å². The van der Waals surface area contributed by atoms with Crippen LogP contribution in [0.5, 0.6) is 0 Å². The molecule has 0 amide bonds. The lowest BCUT2D eigenvalue weighted by Crippen LogP contribution is -2.41. The number of rotatable bonds is 7. The van der Waals surface area contributed by atoms with E-state index < -0.39 is 18.3 Å². The second-order valence-electron chi connectivity index (χ2n) is 12.0. The molecule has 0 saturated carbocycles. The fourth-order valence-corrected chi connectivity index (χ4v) is 5.41. The maximum atomic E-state index is 6.40. The summed E-state index contributed by atoms with van der Waals surface area (Å²) in [5.41, 5.74) is 8.92. The summed E-state index contributed by atoms with van der Waals surface area (Å²) in [6, 6.07) is 37.8. The van der Waals surface area contributed by atoms with E-state index in [0.29, 0.717) is 0 Å². The van der Waals surface area contributed by atoms with Gasteiger partial charge in [0.25, 0.3) is 0 Å². The molecule has 0 unspecified atom stereocenters. The fraction of sp³-hybridized carbons (Fsp3) is 0.243. The van der Waals surface area contributed by atoms with Crippen molar-refractivity contribution in [3.8, 4) is 45.0 Å². The maximum absolute atomic E-state index is 6.40. The van der Waals surface area contributed by atoms with Crippen molar-refractivity contribution >= 4 is 12.6 Å². The standard InChI is InChI=1S/C37H37BN2O2/c1-6-15-26-16-13-21-29(24-26)34-32(27-17-9-7-10-18-27)39-33(28-19-11-8-12-20-28)35(40-34)30-22-14-23-31(25-30)38-41-36(2,3)37(4,5)42-38/h7-14,16-25H,6,15H2,1-5H3. The lowest BCUT2D eigenvalue weighted by molar-refractivity contribution is 0.00578. The van der Waals surface area contributed by atoms with Gasteiger partial charge in [0, 0.05) is 22.3 Å². The van der Waals surface area contributed by atoms with Crippen LogP contribution in [0.3, 0.4) is 0 Å². The number of hydrogen-bond donors (Lipinski definition) is 0. The van der Waals surface area contributed by atoms with Crippen LogP contribution in [0.15, 0.2) is 109 Å². The fourth-order valence-electron chi connectivity index (χ4n) is 5.41. The van der Waals surface area contributed by atoms with Gasteiger partial charge in [-0.3, -0.25) is 0 Å². The third-order valence-electron chi connectivity index (χ3n) is 8.41. The van der Waals surface area contributed by atoms with Gasteiger partial charge in [0.1, 0.15) is 0 Å². The molecule has 1 aliphatic heterocycles. The minimum absolute atomic E-state index is 0.420. The van der Waals surface area contributed by atoms with Crippen LogP contribution in [-0.2, 0) is 15.7 Å². The van der Waals surface area contributed by atoms with Crippen molar-refractivity contribution in [1.29, 1.82) is 0 Å². The molecule has 5 aromatic rings. The summed E-state index contributed by atoms with van der Waals surface area (Å²) >= 11 is 0. The van der Waals surface area contributed by atoms with Crippen LogP contribution in [0.4, 0.5) is 0 Å². The van der Waals surface area contributed by atoms with Crippen molar-refractivity contribution < 1.29 is 9.31 Å². The first-order chi connectivity index (χ1) is 20.3. The van der Waals surface area contributed by atoms with Crippen molar-refractivity contribution in [2.45, 2.75) is 58.7 Å². The third kappa shape index (κ3) is 5.43. The van der Waals surface area contributed by atoms with Crippen LogP contribution >= 0.6 is 0 Å². The van der Waals surface area contributed by atoms with E-state index in [0.717, 1.165) is 63.3 Å². The number of hydrogen-bond acceptors (Lipinski definition) is 4. The molecule has 0 bridgehead atoms. The van der Waals surface area contributed by atoms with E-state index in [4.69, 9.17) is 19.3 Å². The van der Waals surface area contributed by atoms with E-state index in [1.807, 2.05) is 24.3 Å². The molecule has 6 rings (SSSR count). The molecule has 0 aliphatic carbocycles. The average Bonchev–Trinajstić information content (AvgIpc) is 3.24. The summed E-state index contributed by atoms with van der Waals surface area (Å²) in [5, 5.41) is 0. The van der Waals surface area contributed by atoms with E-state index in [9.17, 15) is 0 Å². The Bertz CT molecular complexity index is 1680. The van der Waals surface area contributed by atoms with Gasteiger partial charge in [-0.1, -0.05) is 116 Å². The number of aromatic nitrogens is 2. The molecular weight excluding hydrogens is 515 g/mol. The van der Waals surface area contributed by atoms with E-state index in [1.54, 1.807) is 0 Å². The Hall–Kier alpha value is -4.06. The first-order valence-electron chi connectivity index (χ1n) is 14.8. The summed E-state index contributed by atoms with van der Waals surface area (Å²) in [4.78, 5) is 10.8. The Morgan fingerprint density at radius 1 is 0.548 bits per heavy atom. The Morgan fingerprint density at radius 3 is 1.52 bits per heavy atom. The molecule has 0 atom stereocenters. The summed E-state index contributed by atoms with van der Waals surface area (Å²) in [6.45, 7) is 10.5. The third-order valence-corrected chi connectivity index (χ3v) is 8.41. The minimum Gasteiger partial charge on any atom is -0.399 e. The van der Waals surface area contributed by atoms with Gasteiger partial charge in [-0.05, 0) is 51.2 Å². The largest absolute Gasteiger partial charge is 0.494 e. The molecule has 5 heteroatoms. The highest BCUT2D eigenvalue weighted by molar-refractivity contribution is 6.62. The maximum Gasteiger partial charge on any atom is 0.494 e. The molecule has 0 N–H and O–H groups in total. The number of aryl methyl sites for hydroxylation is 1. The van der Waals surface area contributed by atoms with E-state index >= 15 is 0 Å². The molecule has 0 spiro atoms. The number of nitrogens with zero attached hydrogens (tertiary/aromatic N) is 2. The smallest absolute Gasteiger partial charge is 0.399 e. The van der Waals surface area contributed by atoms with Crippen LogP contribution in [0.1, 0.15) is 46.6 Å². The van der Waals surface area contributed by atoms with E-state index in [-0.39, 0.29) is 0 Å². The second-order valence-corrected chi connectivity index (χ2v) is 12.0. The Labute approximate surface area is 249 Å². The molecule has 1 saturated heterocycles. The molecule has 2 heterocycles. The van der Waals surface area contributed by atoms with E-state index in [2.05, 4.69) is 120 Å². The topological polar surface area (TPSA) is 44.2 Å².